The van der Waals surface area contributed by atoms with Crippen LogP contribution in [-0.2, 0) is 0 Å². The zero-order valence-corrected chi connectivity index (χ0v) is 7.41. The number of fused-ring (bicyclic) bond motifs is 1. The van der Waals surface area contributed by atoms with Gasteiger partial charge in [0, 0.05) is 0 Å². The minimum absolute atomic E-state index is 0.622. The Labute approximate surface area is 71.4 Å². The van der Waals surface area contributed by atoms with Gasteiger partial charge in [-0.3, -0.25) is 0 Å². The van der Waals surface area contributed by atoms with E-state index in [1.165, 1.54) is 0 Å². The van der Waals surface area contributed by atoms with Gasteiger partial charge in [0.25, 0.3) is 5.78 Å². The topological polar surface area (TPSA) is 43.1 Å². The molecule has 0 atom stereocenters. The summed E-state index contributed by atoms with van der Waals surface area (Å²) in [7, 11) is 0. The van der Waals surface area contributed by atoms with Crippen LogP contribution in [-0.4, -0.2) is 19.6 Å². The van der Waals surface area contributed by atoms with Gasteiger partial charge in [-0.2, -0.15) is 5.10 Å². The molecule has 0 bridgehead atoms. The fraction of sp³-hybridized carbons (Fsp3) is 0.167. The molecule has 0 N–H and O–H groups in total. The Balaban J connectivity index is 2.86. The van der Waals surface area contributed by atoms with Gasteiger partial charge in [-0.05, 0) is 22.9 Å². The van der Waals surface area contributed by atoms with Crippen molar-refractivity contribution < 1.29 is 0 Å². The van der Waals surface area contributed by atoms with E-state index in [4.69, 9.17) is 0 Å². The third-order valence-corrected chi connectivity index (χ3v) is 1.76. The Morgan fingerprint density at radius 2 is 2.27 bits per heavy atom. The van der Waals surface area contributed by atoms with Crippen molar-refractivity contribution in [3.05, 3.63) is 22.7 Å². The summed E-state index contributed by atoms with van der Waals surface area (Å²) in [6.07, 6.45) is 3.38. The number of halogens is 1. The fourth-order valence-corrected chi connectivity index (χ4v) is 1.12. The van der Waals surface area contributed by atoms with Gasteiger partial charge in [-0.25, -0.2) is 14.5 Å². The van der Waals surface area contributed by atoms with Crippen molar-refractivity contribution in [2.45, 2.75) is 6.92 Å². The molecule has 0 saturated heterocycles. The van der Waals surface area contributed by atoms with E-state index in [2.05, 4.69) is 31.0 Å². The molecule has 2 heterocycles. The van der Waals surface area contributed by atoms with Crippen molar-refractivity contribution in [2.24, 2.45) is 0 Å². The second-order valence-corrected chi connectivity index (χ2v) is 3.00. The van der Waals surface area contributed by atoms with Gasteiger partial charge in [0.05, 0.1) is 18.1 Å². The largest absolute Gasteiger partial charge is 0.251 e. The maximum Gasteiger partial charge on any atom is 0.251 e. The molecular formula is C6H5BrN4. The van der Waals surface area contributed by atoms with Gasteiger partial charge in [-0.15, -0.1) is 0 Å². The zero-order chi connectivity index (χ0) is 7.84. The summed E-state index contributed by atoms with van der Waals surface area (Å²) >= 11 is 3.21. The number of aryl methyl sites for hydroxylation is 1. The minimum atomic E-state index is 0.622. The molecule has 0 aromatic carbocycles. The molecule has 0 amide bonds. The van der Waals surface area contributed by atoms with Gasteiger partial charge in [0.2, 0.25) is 0 Å². The molecule has 11 heavy (non-hydrogen) atoms. The first-order valence-corrected chi connectivity index (χ1v) is 3.89. The van der Waals surface area contributed by atoms with Crippen molar-refractivity contribution in [2.75, 3.05) is 0 Å². The zero-order valence-electron chi connectivity index (χ0n) is 5.82. The van der Waals surface area contributed by atoms with Crippen LogP contribution in [0.4, 0.5) is 0 Å². The number of hydrogen-bond acceptors (Lipinski definition) is 3. The highest BCUT2D eigenvalue weighted by Crippen LogP contribution is 2.05. The van der Waals surface area contributed by atoms with E-state index >= 15 is 0 Å². The molecule has 5 heteroatoms. The standard InChI is InChI=1S/C6H5BrN4/c1-4-2-8-6-10-5(7)3-9-11(4)6/h2-3H,1H3. The molecule has 0 saturated carbocycles. The van der Waals surface area contributed by atoms with E-state index in [0.717, 1.165) is 5.69 Å². The van der Waals surface area contributed by atoms with E-state index in [9.17, 15) is 0 Å². The Bertz CT molecular complexity index is 394. The molecule has 0 aliphatic carbocycles. The molecule has 0 radical (unpaired) electrons. The SMILES string of the molecule is Cc1cnc2nc(Br)cnn12. The lowest BCUT2D eigenvalue weighted by molar-refractivity contribution is 0.864. The van der Waals surface area contributed by atoms with Crippen LogP contribution in [0.2, 0.25) is 0 Å². The predicted molar refractivity (Wildman–Crippen MR) is 43.2 cm³/mol. The smallest absolute Gasteiger partial charge is 0.218 e. The van der Waals surface area contributed by atoms with E-state index in [0.29, 0.717) is 10.4 Å². The molecule has 56 valence electrons. The van der Waals surface area contributed by atoms with E-state index in [1.807, 2.05) is 6.92 Å². The normalized spacial score (nSPS) is 10.7. The second kappa shape index (κ2) is 2.27. The number of rotatable bonds is 0. The van der Waals surface area contributed by atoms with Crippen LogP contribution < -0.4 is 0 Å². The quantitative estimate of drug-likeness (QED) is 0.660. The molecule has 0 unspecified atom stereocenters. The average molecular weight is 213 g/mol. The lowest BCUT2D eigenvalue weighted by atomic mass is 10.6. The summed E-state index contributed by atoms with van der Waals surface area (Å²) in [4.78, 5) is 8.14. The van der Waals surface area contributed by atoms with Crippen LogP contribution in [0.15, 0.2) is 17.0 Å². The highest BCUT2D eigenvalue weighted by Gasteiger charge is 1.99. The number of imidazole rings is 1. The van der Waals surface area contributed by atoms with Gasteiger partial charge < -0.3 is 0 Å². The Hall–Kier alpha value is -0.970. The molecule has 0 fully saturated rings. The van der Waals surface area contributed by atoms with Crippen LogP contribution in [0.1, 0.15) is 5.69 Å². The molecule has 0 aliphatic heterocycles. The third kappa shape index (κ3) is 1.01. The van der Waals surface area contributed by atoms with Crippen molar-refractivity contribution in [1.82, 2.24) is 19.6 Å². The molecule has 2 aromatic rings. The highest BCUT2D eigenvalue weighted by atomic mass is 79.9. The monoisotopic (exact) mass is 212 g/mol. The average Bonchev–Trinajstić information content (AvgIpc) is 2.32. The molecular weight excluding hydrogens is 208 g/mol. The molecule has 2 aromatic heterocycles. The fourth-order valence-electron chi connectivity index (χ4n) is 0.867. The summed E-state index contributed by atoms with van der Waals surface area (Å²) in [6, 6.07) is 0. The molecule has 2 rings (SSSR count). The van der Waals surface area contributed by atoms with Gasteiger partial charge in [0.15, 0.2) is 0 Å². The number of hydrogen-bond donors (Lipinski definition) is 0. The minimum Gasteiger partial charge on any atom is -0.218 e. The lowest BCUT2D eigenvalue weighted by Gasteiger charge is -1.92. The van der Waals surface area contributed by atoms with E-state index < -0.39 is 0 Å². The molecule has 0 spiro atoms. The maximum absolute atomic E-state index is 4.10. The van der Waals surface area contributed by atoms with Crippen LogP contribution in [0.3, 0.4) is 0 Å². The summed E-state index contributed by atoms with van der Waals surface area (Å²) in [5, 5.41) is 4.09. The number of aromatic nitrogens is 4. The Morgan fingerprint density at radius 1 is 1.45 bits per heavy atom. The molecule has 4 nitrogen and oxygen atoms in total. The highest BCUT2D eigenvalue weighted by molar-refractivity contribution is 9.10. The van der Waals surface area contributed by atoms with Crippen LogP contribution >= 0.6 is 15.9 Å². The van der Waals surface area contributed by atoms with E-state index in [-0.39, 0.29) is 0 Å². The van der Waals surface area contributed by atoms with Crippen LogP contribution in [0.25, 0.3) is 5.78 Å². The molecule has 0 aliphatic rings. The summed E-state index contributed by atoms with van der Waals surface area (Å²) in [6.45, 7) is 1.93. The Kier molecular flexibility index (Phi) is 1.38. The van der Waals surface area contributed by atoms with Gasteiger partial charge in [0.1, 0.15) is 4.60 Å². The number of nitrogens with zero attached hydrogens (tertiary/aromatic N) is 4. The van der Waals surface area contributed by atoms with Crippen LogP contribution in [0, 0.1) is 6.92 Å². The summed E-state index contributed by atoms with van der Waals surface area (Å²) < 4.78 is 2.39. The lowest BCUT2D eigenvalue weighted by Crippen LogP contribution is -1.95. The van der Waals surface area contributed by atoms with Gasteiger partial charge in [-0.1, -0.05) is 0 Å². The van der Waals surface area contributed by atoms with Crippen molar-refractivity contribution >= 4 is 21.7 Å². The first kappa shape index (κ1) is 6.72. The van der Waals surface area contributed by atoms with Crippen LogP contribution in [0.5, 0.6) is 0 Å². The summed E-state index contributed by atoms with van der Waals surface area (Å²) in [5.74, 6) is 0.622. The van der Waals surface area contributed by atoms with Crippen molar-refractivity contribution in [3.63, 3.8) is 0 Å². The van der Waals surface area contributed by atoms with Gasteiger partial charge >= 0.3 is 0 Å². The van der Waals surface area contributed by atoms with Crippen molar-refractivity contribution in [3.8, 4) is 0 Å². The second-order valence-electron chi connectivity index (χ2n) is 2.19. The third-order valence-electron chi connectivity index (χ3n) is 1.38. The Morgan fingerprint density at radius 3 is 3.09 bits per heavy atom. The first-order valence-electron chi connectivity index (χ1n) is 3.10. The van der Waals surface area contributed by atoms with E-state index in [1.54, 1.807) is 16.9 Å². The van der Waals surface area contributed by atoms with Crippen molar-refractivity contribution in [1.29, 1.82) is 0 Å². The summed E-state index contributed by atoms with van der Waals surface area (Å²) in [5.41, 5.74) is 0.986. The predicted octanol–water partition coefficient (Wildman–Crippen LogP) is 1.20. The maximum atomic E-state index is 4.10. The first-order chi connectivity index (χ1) is 5.27.